The van der Waals surface area contributed by atoms with Gasteiger partial charge in [-0.05, 0) is 42.2 Å². The van der Waals surface area contributed by atoms with Gasteiger partial charge in [-0.15, -0.1) is 0 Å². The summed E-state index contributed by atoms with van der Waals surface area (Å²) in [6.45, 7) is 0. The topological polar surface area (TPSA) is 44.0 Å². The average Bonchev–Trinajstić information content (AvgIpc) is 2.89. The van der Waals surface area contributed by atoms with E-state index in [0.29, 0.717) is 18.4 Å². The van der Waals surface area contributed by atoms with Crippen LogP contribution in [0.1, 0.15) is 29.2 Å². The van der Waals surface area contributed by atoms with Crippen molar-refractivity contribution in [2.45, 2.75) is 24.4 Å². The molecule has 0 bridgehead atoms. The predicted octanol–water partition coefficient (Wildman–Crippen LogP) is 3.41. The lowest BCUT2D eigenvalue weighted by Crippen LogP contribution is -2.30. The van der Waals surface area contributed by atoms with Crippen LogP contribution in [-0.2, 0) is 11.8 Å². The SMILES string of the molecule is N#CC1(C(O)c2cc(F)ccc2F)CCc2ccccc21. The number of nitriles is 1. The first-order chi connectivity index (χ1) is 10.1. The van der Waals surface area contributed by atoms with E-state index in [0.717, 1.165) is 23.8 Å². The van der Waals surface area contributed by atoms with Gasteiger partial charge in [0.2, 0.25) is 0 Å². The van der Waals surface area contributed by atoms with Crippen LogP contribution < -0.4 is 0 Å². The molecular weight excluding hydrogens is 272 g/mol. The minimum Gasteiger partial charge on any atom is -0.386 e. The van der Waals surface area contributed by atoms with Gasteiger partial charge in [0.1, 0.15) is 23.2 Å². The molecule has 0 saturated carbocycles. The number of rotatable bonds is 2. The van der Waals surface area contributed by atoms with E-state index in [1.165, 1.54) is 0 Å². The van der Waals surface area contributed by atoms with Gasteiger partial charge in [0.25, 0.3) is 0 Å². The molecule has 2 unspecified atom stereocenters. The molecule has 1 aliphatic carbocycles. The molecular formula is C17H13F2NO. The fourth-order valence-electron chi connectivity index (χ4n) is 3.09. The molecule has 1 N–H and O–H groups in total. The highest BCUT2D eigenvalue weighted by Crippen LogP contribution is 2.47. The lowest BCUT2D eigenvalue weighted by molar-refractivity contribution is 0.106. The Balaban J connectivity index is 2.14. The Morgan fingerprint density at radius 2 is 1.95 bits per heavy atom. The molecule has 2 aromatic carbocycles. The van der Waals surface area contributed by atoms with Gasteiger partial charge in [-0.1, -0.05) is 24.3 Å². The maximum Gasteiger partial charge on any atom is 0.129 e. The van der Waals surface area contributed by atoms with Crippen molar-refractivity contribution >= 4 is 0 Å². The Morgan fingerprint density at radius 1 is 1.19 bits per heavy atom. The highest BCUT2D eigenvalue weighted by molar-refractivity contribution is 5.47. The zero-order chi connectivity index (χ0) is 15.0. The zero-order valence-electron chi connectivity index (χ0n) is 11.2. The third-order valence-corrected chi connectivity index (χ3v) is 4.21. The molecule has 0 amide bonds. The summed E-state index contributed by atoms with van der Waals surface area (Å²) in [6, 6.07) is 12.4. The van der Waals surface area contributed by atoms with Crippen LogP contribution in [0.2, 0.25) is 0 Å². The van der Waals surface area contributed by atoms with Gasteiger partial charge in [0, 0.05) is 5.56 Å². The predicted molar refractivity (Wildman–Crippen MR) is 73.4 cm³/mol. The number of fused-ring (bicyclic) bond motifs is 1. The maximum absolute atomic E-state index is 13.9. The van der Waals surface area contributed by atoms with Crippen molar-refractivity contribution in [3.63, 3.8) is 0 Å². The standard InChI is InChI=1S/C17H13F2NO/c18-12-5-6-15(19)13(9-12)16(21)17(10-20)8-7-11-3-1-2-4-14(11)17/h1-6,9,16,21H,7-8H2. The van der Waals surface area contributed by atoms with Crippen molar-refractivity contribution in [2.24, 2.45) is 0 Å². The second-order valence-electron chi connectivity index (χ2n) is 5.31. The van der Waals surface area contributed by atoms with E-state index in [4.69, 9.17) is 0 Å². The number of aliphatic hydroxyl groups excluding tert-OH is 1. The van der Waals surface area contributed by atoms with Crippen LogP contribution in [0.4, 0.5) is 8.78 Å². The van der Waals surface area contributed by atoms with Crippen LogP contribution in [-0.4, -0.2) is 5.11 Å². The molecule has 0 radical (unpaired) electrons. The summed E-state index contributed by atoms with van der Waals surface area (Å²) >= 11 is 0. The van der Waals surface area contributed by atoms with Crippen LogP contribution in [0.5, 0.6) is 0 Å². The van der Waals surface area contributed by atoms with Gasteiger partial charge < -0.3 is 5.11 Å². The highest BCUT2D eigenvalue weighted by Gasteiger charge is 2.46. The van der Waals surface area contributed by atoms with E-state index in [2.05, 4.69) is 6.07 Å². The smallest absolute Gasteiger partial charge is 0.129 e. The van der Waals surface area contributed by atoms with Crippen molar-refractivity contribution in [1.82, 2.24) is 0 Å². The molecule has 2 atom stereocenters. The van der Waals surface area contributed by atoms with Crippen molar-refractivity contribution < 1.29 is 13.9 Å². The molecule has 0 aliphatic heterocycles. The first kappa shape index (κ1) is 13.7. The summed E-state index contributed by atoms with van der Waals surface area (Å²) in [4.78, 5) is 0. The fraction of sp³-hybridized carbons (Fsp3) is 0.235. The minimum atomic E-state index is -1.40. The number of halogens is 2. The van der Waals surface area contributed by atoms with Crippen LogP contribution in [0, 0.1) is 23.0 Å². The molecule has 2 aromatic rings. The highest BCUT2D eigenvalue weighted by atomic mass is 19.1. The molecule has 21 heavy (non-hydrogen) atoms. The van der Waals surface area contributed by atoms with Gasteiger partial charge >= 0.3 is 0 Å². The number of benzene rings is 2. The summed E-state index contributed by atoms with van der Waals surface area (Å²) in [5.41, 5.74) is 0.262. The fourth-order valence-corrected chi connectivity index (χ4v) is 3.09. The van der Waals surface area contributed by atoms with E-state index in [1.54, 1.807) is 12.1 Å². The molecule has 0 heterocycles. The van der Waals surface area contributed by atoms with Gasteiger partial charge in [0.15, 0.2) is 0 Å². The number of aliphatic hydroxyl groups is 1. The molecule has 106 valence electrons. The van der Waals surface area contributed by atoms with Crippen molar-refractivity contribution in [1.29, 1.82) is 5.26 Å². The monoisotopic (exact) mass is 285 g/mol. The van der Waals surface area contributed by atoms with Gasteiger partial charge in [-0.3, -0.25) is 0 Å². The molecule has 3 rings (SSSR count). The van der Waals surface area contributed by atoms with E-state index >= 15 is 0 Å². The largest absolute Gasteiger partial charge is 0.386 e. The first-order valence-electron chi connectivity index (χ1n) is 6.71. The normalized spacial score (nSPS) is 21.6. The van der Waals surface area contributed by atoms with Gasteiger partial charge in [-0.2, -0.15) is 5.26 Å². The number of nitrogens with zero attached hydrogens (tertiary/aromatic N) is 1. The Hall–Kier alpha value is -2.25. The number of hydrogen-bond donors (Lipinski definition) is 1. The quantitative estimate of drug-likeness (QED) is 0.919. The third-order valence-electron chi connectivity index (χ3n) is 4.21. The first-order valence-corrected chi connectivity index (χ1v) is 6.71. The average molecular weight is 285 g/mol. The number of aryl methyl sites for hydroxylation is 1. The number of hydrogen-bond acceptors (Lipinski definition) is 2. The van der Waals surface area contributed by atoms with Crippen LogP contribution in [0.3, 0.4) is 0 Å². The van der Waals surface area contributed by atoms with Crippen LogP contribution in [0.25, 0.3) is 0 Å². The maximum atomic E-state index is 13.9. The van der Waals surface area contributed by atoms with Crippen molar-refractivity contribution in [2.75, 3.05) is 0 Å². The summed E-state index contributed by atoms with van der Waals surface area (Å²) in [5, 5.41) is 20.2. The summed E-state index contributed by atoms with van der Waals surface area (Å²) in [7, 11) is 0. The van der Waals surface area contributed by atoms with E-state index < -0.39 is 23.2 Å². The Labute approximate surface area is 121 Å². The molecule has 0 spiro atoms. The molecule has 2 nitrogen and oxygen atoms in total. The van der Waals surface area contributed by atoms with Gasteiger partial charge in [0.05, 0.1) is 6.07 Å². The molecule has 0 aromatic heterocycles. The zero-order valence-corrected chi connectivity index (χ0v) is 11.2. The second-order valence-corrected chi connectivity index (χ2v) is 5.31. The molecule has 0 fully saturated rings. The Kier molecular flexibility index (Phi) is 3.23. The summed E-state index contributed by atoms with van der Waals surface area (Å²) in [5.74, 6) is -1.34. The minimum absolute atomic E-state index is 0.173. The Bertz CT molecular complexity index is 738. The third kappa shape index (κ3) is 2.01. The van der Waals surface area contributed by atoms with E-state index in [9.17, 15) is 19.1 Å². The molecule has 1 aliphatic rings. The molecule has 4 heteroatoms. The summed E-state index contributed by atoms with van der Waals surface area (Å²) in [6.07, 6.45) is -0.376. The second kappa shape index (κ2) is 4.94. The van der Waals surface area contributed by atoms with Crippen LogP contribution in [0.15, 0.2) is 42.5 Å². The van der Waals surface area contributed by atoms with E-state index in [1.807, 2.05) is 12.1 Å². The van der Waals surface area contributed by atoms with E-state index in [-0.39, 0.29) is 5.56 Å². The van der Waals surface area contributed by atoms with Gasteiger partial charge in [-0.25, -0.2) is 8.78 Å². The lowest BCUT2D eigenvalue weighted by Gasteiger charge is -2.29. The summed E-state index contributed by atoms with van der Waals surface area (Å²) < 4.78 is 27.3. The van der Waals surface area contributed by atoms with Crippen molar-refractivity contribution in [3.05, 3.63) is 70.8 Å². The Morgan fingerprint density at radius 3 is 2.71 bits per heavy atom. The van der Waals surface area contributed by atoms with Crippen LogP contribution >= 0.6 is 0 Å². The lowest BCUT2D eigenvalue weighted by atomic mass is 9.75. The van der Waals surface area contributed by atoms with Crippen molar-refractivity contribution in [3.8, 4) is 6.07 Å². The molecule has 0 saturated heterocycles.